The Hall–Kier alpha value is -3.81. The first-order valence-electron chi connectivity index (χ1n) is 9.32. The molecule has 0 saturated carbocycles. The fourth-order valence-corrected chi connectivity index (χ4v) is 4.30. The summed E-state index contributed by atoms with van der Waals surface area (Å²) in [5.74, 6) is -3.88. The molecule has 1 amide bonds. The predicted molar refractivity (Wildman–Crippen MR) is 110 cm³/mol. The SMILES string of the molecule is C/C(=C1/C(=O)NCc2cc(OC(F)F)c(OC(F)F)cc21)S(=O)(=O)Nc1ccccc1C(=O)O. The Morgan fingerprint density at radius 3 is 2.26 bits per heavy atom. The second kappa shape index (κ2) is 9.59. The zero-order valence-electron chi connectivity index (χ0n) is 17.1. The summed E-state index contributed by atoms with van der Waals surface area (Å²) in [6.07, 6.45) is 0. The van der Waals surface area contributed by atoms with Gasteiger partial charge in [-0.25, -0.2) is 13.2 Å². The molecule has 0 atom stereocenters. The molecule has 3 rings (SSSR count). The number of anilines is 1. The van der Waals surface area contributed by atoms with Crippen LogP contribution in [0, 0.1) is 0 Å². The molecule has 1 heterocycles. The minimum Gasteiger partial charge on any atom is -0.478 e. The lowest BCUT2D eigenvalue weighted by Gasteiger charge is -2.24. The molecule has 0 saturated heterocycles. The highest BCUT2D eigenvalue weighted by atomic mass is 32.2. The largest absolute Gasteiger partial charge is 0.478 e. The number of halogens is 4. The Balaban J connectivity index is 2.15. The van der Waals surface area contributed by atoms with Crippen molar-refractivity contribution in [3.8, 4) is 11.5 Å². The average Bonchev–Trinajstić information content (AvgIpc) is 2.73. The molecule has 2 aromatic rings. The number of aromatic carboxylic acids is 1. The Morgan fingerprint density at radius 1 is 1.09 bits per heavy atom. The van der Waals surface area contributed by atoms with E-state index in [9.17, 15) is 40.7 Å². The van der Waals surface area contributed by atoms with Crippen molar-refractivity contribution in [1.29, 1.82) is 0 Å². The first kappa shape index (κ1) is 24.8. The van der Waals surface area contributed by atoms with Crippen LogP contribution in [0.25, 0.3) is 5.57 Å². The van der Waals surface area contributed by atoms with Gasteiger partial charge >= 0.3 is 19.2 Å². The summed E-state index contributed by atoms with van der Waals surface area (Å²) in [5.41, 5.74) is -1.21. The van der Waals surface area contributed by atoms with Gasteiger partial charge in [-0.2, -0.15) is 17.6 Å². The lowest BCUT2D eigenvalue weighted by atomic mass is 9.94. The number of para-hydroxylation sites is 1. The van der Waals surface area contributed by atoms with Crippen molar-refractivity contribution >= 4 is 33.2 Å². The van der Waals surface area contributed by atoms with E-state index < -0.39 is 57.1 Å². The van der Waals surface area contributed by atoms with Crippen LogP contribution in [-0.2, 0) is 21.4 Å². The summed E-state index contributed by atoms with van der Waals surface area (Å²) in [5, 5.41) is 11.6. The van der Waals surface area contributed by atoms with Crippen LogP contribution in [0.2, 0.25) is 0 Å². The average molecular weight is 504 g/mol. The minimum atomic E-state index is -4.54. The van der Waals surface area contributed by atoms with Crippen molar-refractivity contribution in [3.05, 3.63) is 58.0 Å². The first-order valence-corrected chi connectivity index (χ1v) is 10.8. The molecule has 0 unspecified atom stereocenters. The van der Waals surface area contributed by atoms with E-state index in [0.717, 1.165) is 25.1 Å². The van der Waals surface area contributed by atoms with E-state index in [1.807, 2.05) is 0 Å². The first-order chi connectivity index (χ1) is 15.9. The van der Waals surface area contributed by atoms with E-state index in [1.165, 1.54) is 18.2 Å². The quantitative estimate of drug-likeness (QED) is 0.371. The molecular formula is C20H16F4N2O7S. The molecule has 0 spiro atoms. The topological polar surface area (TPSA) is 131 Å². The van der Waals surface area contributed by atoms with E-state index >= 15 is 0 Å². The van der Waals surface area contributed by atoms with Gasteiger partial charge in [0, 0.05) is 6.54 Å². The van der Waals surface area contributed by atoms with Crippen molar-refractivity contribution < 1.29 is 50.1 Å². The number of hydrogen-bond donors (Lipinski definition) is 3. The molecule has 0 bridgehead atoms. The summed E-state index contributed by atoms with van der Waals surface area (Å²) < 4.78 is 87.6. The van der Waals surface area contributed by atoms with Crippen LogP contribution >= 0.6 is 0 Å². The minimum absolute atomic E-state index is 0.0901. The normalized spacial score (nSPS) is 15.0. The number of rotatable bonds is 8. The molecule has 182 valence electrons. The molecule has 1 aliphatic rings. The Labute approximate surface area is 190 Å². The molecule has 3 N–H and O–H groups in total. The maximum Gasteiger partial charge on any atom is 0.387 e. The van der Waals surface area contributed by atoms with Gasteiger partial charge in [0.1, 0.15) is 0 Å². The van der Waals surface area contributed by atoms with Gasteiger partial charge in [0.05, 0.1) is 21.7 Å². The fourth-order valence-electron chi connectivity index (χ4n) is 3.21. The maximum atomic E-state index is 13.0. The molecule has 1 aliphatic heterocycles. The molecule has 9 nitrogen and oxygen atoms in total. The van der Waals surface area contributed by atoms with Crippen molar-refractivity contribution in [3.63, 3.8) is 0 Å². The molecule has 0 aromatic heterocycles. The number of benzene rings is 2. The van der Waals surface area contributed by atoms with Crippen LogP contribution in [0.3, 0.4) is 0 Å². The van der Waals surface area contributed by atoms with E-state index in [4.69, 9.17) is 0 Å². The summed E-state index contributed by atoms with van der Waals surface area (Å²) in [7, 11) is -4.54. The van der Waals surface area contributed by atoms with Gasteiger partial charge in [0.15, 0.2) is 11.5 Å². The van der Waals surface area contributed by atoms with Crippen LogP contribution in [0.4, 0.5) is 23.2 Å². The maximum absolute atomic E-state index is 13.0. The fraction of sp³-hybridized carbons (Fsp3) is 0.200. The van der Waals surface area contributed by atoms with Crippen LogP contribution in [0.1, 0.15) is 28.4 Å². The number of fused-ring (bicyclic) bond motifs is 1. The third kappa shape index (κ3) is 5.22. The number of ether oxygens (including phenoxy) is 2. The highest BCUT2D eigenvalue weighted by Crippen LogP contribution is 2.39. The molecule has 0 aliphatic carbocycles. The smallest absolute Gasteiger partial charge is 0.387 e. The van der Waals surface area contributed by atoms with E-state index in [-0.39, 0.29) is 28.9 Å². The van der Waals surface area contributed by atoms with Crippen LogP contribution in [0.5, 0.6) is 11.5 Å². The number of hydrogen-bond acceptors (Lipinski definition) is 6. The standard InChI is InChI=1S/C20H16F4N2O7S/c1-9(34(30,31)26-13-5-3-2-4-11(13)18(28)29)16-12-7-15(33-20(23)24)14(32-19(21)22)6-10(12)8-25-17(16)27/h2-7,19-20,26H,8H2,1H3,(H,25,27)(H,28,29)/b16-9-. The summed E-state index contributed by atoms with van der Waals surface area (Å²) >= 11 is 0. The van der Waals surface area contributed by atoms with Crippen molar-refractivity contribution in [2.75, 3.05) is 4.72 Å². The van der Waals surface area contributed by atoms with E-state index in [2.05, 4.69) is 19.5 Å². The predicted octanol–water partition coefficient (Wildman–Crippen LogP) is 3.39. The number of carbonyl (C=O) groups is 2. The zero-order valence-corrected chi connectivity index (χ0v) is 18.0. The molecule has 0 fully saturated rings. The van der Waals surface area contributed by atoms with Crippen LogP contribution in [0.15, 0.2) is 41.3 Å². The number of carboxylic acids is 1. The van der Waals surface area contributed by atoms with Crippen LogP contribution < -0.4 is 19.5 Å². The Morgan fingerprint density at radius 2 is 1.68 bits per heavy atom. The van der Waals surface area contributed by atoms with E-state index in [0.29, 0.717) is 0 Å². The van der Waals surface area contributed by atoms with Gasteiger partial charge in [0.25, 0.3) is 15.9 Å². The number of carbonyl (C=O) groups excluding carboxylic acids is 1. The second-order valence-electron chi connectivity index (χ2n) is 6.78. The van der Waals surface area contributed by atoms with Gasteiger partial charge in [-0.15, -0.1) is 0 Å². The van der Waals surface area contributed by atoms with Gasteiger partial charge in [0.2, 0.25) is 0 Å². The molecule has 2 aromatic carbocycles. The Kier molecular flexibility index (Phi) is 7.00. The number of amides is 1. The molecule has 34 heavy (non-hydrogen) atoms. The van der Waals surface area contributed by atoms with Gasteiger partial charge in [-0.1, -0.05) is 12.1 Å². The highest BCUT2D eigenvalue weighted by Gasteiger charge is 2.31. The van der Waals surface area contributed by atoms with E-state index in [1.54, 1.807) is 0 Å². The van der Waals surface area contributed by atoms with Crippen molar-refractivity contribution in [2.24, 2.45) is 0 Å². The zero-order chi connectivity index (χ0) is 25.2. The number of allylic oxidation sites excluding steroid dienone is 1. The number of carboxylic acid groups (broad SMARTS) is 1. The lowest BCUT2D eigenvalue weighted by Crippen LogP contribution is -2.32. The van der Waals surface area contributed by atoms with Gasteiger partial charge < -0.3 is 19.9 Å². The van der Waals surface area contributed by atoms with Crippen LogP contribution in [-0.4, -0.2) is 38.6 Å². The monoisotopic (exact) mass is 504 g/mol. The highest BCUT2D eigenvalue weighted by molar-refractivity contribution is 7.96. The summed E-state index contributed by atoms with van der Waals surface area (Å²) in [4.78, 5) is 23.4. The summed E-state index contributed by atoms with van der Waals surface area (Å²) in [6.45, 7) is -6.00. The number of sulfonamides is 1. The van der Waals surface area contributed by atoms with Gasteiger partial charge in [-0.3, -0.25) is 9.52 Å². The third-order valence-corrected chi connectivity index (χ3v) is 6.19. The number of alkyl halides is 4. The second-order valence-corrected chi connectivity index (χ2v) is 8.61. The Bertz CT molecular complexity index is 1280. The van der Waals surface area contributed by atoms with Crippen molar-refractivity contribution in [1.82, 2.24) is 5.32 Å². The van der Waals surface area contributed by atoms with Gasteiger partial charge in [-0.05, 0) is 42.3 Å². The number of nitrogens with one attached hydrogen (secondary N) is 2. The molecule has 14 heteroatoms. The lowest BCUT2D eigenvalue weighted by molar-refractivity contribution is -0.116. The van der Waals surface area contributed by atoms with Crippen molar-refractivity contribution in [2.45, 2.75) is 26.7 Å². The third-order valence-electron chi connectivity index (χ3n) is 4.69. The summed E-state index contributed by atoms with van der Waals surface area (Å²) in [6, 6.07) is 6.83. The molecule has 0 radical (unpaired) electrons. The molecular weight excluding hydrogens is 488 g/mol.